The number of carbonyl (C=O) groups is 1. The monoisotopic (exact) mass is 291 g/mol. The van der Waals surface area contributed by atoms with E-state index < -0.39 is 0 Å². The van der Waals surface area contributed by atoms with Gasteiger partial charge in [0.1, 0.15) is 0 Å². The normalized spacial score (nSPS) is 13.2. The SMILES string of the molecule is CCCCN(CCO)C(=O)Nc1ccc2c(c1)N(C)CC2. The number of rotatable bonds is 6. The molecule has 0 radical (unpaired) electrons. The molecule has 1 aliphatic heterocycles. The summed E-state index contributed by atoms with van der Waals surface area (Å²) in [6.07, 6.45) is 3.03. The van der Waals surface area contributed by atoms with Crippen LogP contribution in [0.2, 0.25) is 0 Å². The van der Waals surface area contributed by atoms with Gasteiger partial charge in [-0.1, -0.05) is 19.4 Å². The molecule has 0 atom stereocenters. The van der Waals surface area contributed by atoms with Crippen molar-refractivity contribution in [2.24, 2.45) is 0 Å². The van der Waals surface area contributed by atoms with Crippen molar-refractivity contribution in [1.29, 1.82) is 0 Å². The van der Waals surface area contributed by atoms with Crippen molar-refractivity contribution in [3.05, 3.63) is 23.8 Å². The van der Waals surface area contributed by atoms with Crippen LogP contribution in [0.4, 0.5) is 16.2 Å². The molecule has 0 saturated carbocycles. The highest BCUT2D eigenvalue weighted by Gasteiger charge is 2.17. The average Bonchev–Trinajstić information content (AvgIpc) is 2.84. The Bertz CT molecular complexity index is 490. The highest BCUT2D eigenvalue weighted by atomic mass is 16.3. The maximum atomic E-state index is 12.3. The summed E-state index contributed by atoms with van der Waals surface area (Å²) in [5.41, 5.74) is 3.33. The van der Waals surface area contributed by atoms with Gasteiger partial charge in [-0.3, -0.25) is 0 Å². The van der Waals surface area contributed by atoms with E-state index in [1.165, 1.54) is 11.3 Å². The van der Waals surface area contributed by atoms with Crippen LogP contribution in [0.3, 0.4) is 0 Å². The van der Waals surface area contributed by atoms with Crippen LogP contribution in [0.1, 0.15) is 25.3 Å². The lowest BCUT2D eigenvalue weighted by Gasteiger charge is -2.22. The van der Waals surface area contributed by atoms with Gasteiger partial charge in [-0.15, -0.1) is 0 Å². The van der Waals surface area contributed by atoms with E-state index in [1.54, 1.807) is 4.90 Å². The Morgan fingerprint density at radius 1 is 1.43 bits per heavy atom. The number of aliphatic hydroxyl groups excluding tert-OH is 1. The van der Waals surface area contributed by atoms with Crippen molar-refractivity contribution < 1.29 is 9.90 Å². The predicted octanol–water partition coefficient (Wildman–Crippen LogP) is 2.31. The number of fused-ring (bicyclic) bond motifs is 1. The van der Waals surface area contributed by atoms with Gasteiger partial charge in [-0.2, -0.15) is 0 Å². The molecule has 0 aliphatic carbocycles. The lowest BCUT2D eigenvalue weighted by molar-refractivity contribution is 0.187. The van der Waals surface area contributed by atoms with E-state index in [9.17, 15) is 4.79 Å². The Kier molecular flexibility index (Phi) is 5.44. The molecule has 1 aromatic carbocycles. The second kappa shape index (κ2) is 7.31. The Morgan fingerprint density at radius 2 is 2.24 bits per heavy atom. The molecular formula is C16H25N3O2. The molecular weight excluding hydrogens is 266 g/mol. The first-order valence-electron chi connectivity index (χ1n) is 7.66. The van der Waals surface area contributed by atoms with Gasteiger partial charge in [-0.25, -0.2) is 4.79 Å². The van der Waals surface area contributed by atoms with E-state index >= 15 is 0 Å². The van der Waals surface area contributed by atoms with E-state index in [-0.39, 0.29) is 12.6 Å². The second-order valence-corrected chi connectivity index (χ2v) is 5.51. The number of unbranched alkanes of at least 4 members (excludes halogenated alkanes) is 1. The number of urea groups is 1. The molecule has 0 bridgehead atoms. The van der Waals surface area contributed by atoms with Crippen molar-refractivity contribution in [3.63, 3.8) is 0 Å². The largest absolute Gasteiger partial charge is 0.395 e. The zero-order chi connectivity index (χ0) is 15.2. The fourth-order valence-electron chi connectivity index (χ4n) is 2.60. The van der Waals surface area contributed by atoms with E-state index in [2.05, 4.69) is 30.3 Å². The fourth-order valence-corrected chi connectivity index (χ4v) is 2.60. The average molecular weight is 291 g/mol. The summed E-state index contributed by atoms with van der Waals surface area (Å²) >= 11 is 0. The van der Waals surface area contributed by atoms with Gasteiger partial charge in [-0.05, 0) is 30.5 Å². The minimum absolute atomic E-state index is 0.00986. The summed E-state index contributed by atoms with van der Waals surface area (Å²) in [5.74, 6) is 0. The first-order valence-corrected chi connectivity index (χ1v) is 7.66. The first kappa shape index (κ1) is 15.6. The minimum Gasteiger partial charge on any atom is -0.395 e. The summed E-state index contributed by atoms with van der Waals surface area (Å²) in [4.78, 5) is 16.1. The highest BCUT2D eigenvalue weighted by Crippen LogP contribution is 2.29. The van der Waals surface area contributed by atoms with Crippen LogP contribution in [-0.4, -0.2) is 49.3 Å². The van der Waals surface area contributed by atoms with E-state index in [0.29, 0.717) is 13.1 Å². The molecule has 0 aromatic heterocycles. The smallest absolute Gasteiger partial charge is 0.321 e. The minimum atomic E-state index is -0.141. The van der Waals surface area contributed by atoms with Crippen LogP contribution in [-0.2, 0) is 6.42 Å². The molecule has 0 unspecified atom stereocenters. The molecule has 5 nitrogen and oxygen atoms in total. The number of likely N-dealkylation sites (N-methyl/N-ethyl adjacent to an activating group) is 1. The molecule has 2 amide bonds. The molecule has 0 fully saturated rings. The maximum absolute atomic E-state index is 12.3. The Hall–Kier alpha value is -1.75. The predicted molar refractivity (Wildman–Crippen MR) is 86.0 cm³/mol. The van der Waals surface area contributed by atoms with Gasteiger partial charge in [0.2, 0.25) is 0 Å². The third-order valence-corrected chi connectivity index (χ3v) is 3.90. The first-order chi connectivity index (χ1) is 10.2. The molecule has 116 valence electrons. The summed E-state index contributed by atoms with van der Waals surface area (Å²) in [6, 6.07) is 5.92. The van der Waals surface area contributed by atoms with Crippen molar-refractivity contribution in [2.45, 2.75) is 26.2 Å². The van der Waals surface area contributed by atoms with Crippen LogP contribution in [0, 0.1) is 0 Å². The van der Waals surface area contributed by atoms with Gasteiger partial charge in [0.15, 0.2) is 0 Å². The third-order valence-electron chi connectivity index (χ3n) is 3.90. The van der Waals surface area contributed by atoms with Crippen molar-refractivity contribution in [3.8, 4) is 0 Å². The second-order valence-electron chi connectivity index (χ2n) is 5.51. The molecule has 5 heteroatoms. The number of benzene rings is 1. The Balaban J connectivity index is 2.02. The van der Waals surface area contributed by atoms with Gasteiger partial charge < -0.3 is 20.2 Å². The number of carbonyl (C=O) groups excluding carboxylic acids is 1. The topological polar surface area (TPSA) is 55.8 Å². The summed E-state index contributed by atoms with van der Waals surface area (Å²) in [7, 11) is 2.07. The van der Waals surface area contributed by atoms with E-state index in [0.717, 1.165) is 31.5 Å². The van der Waals surface area contributed by atoms with Crippen LogP contribution >= 0.6 is 0 Å². The van der Waals surface area contributed by atoms with Crippen molar-refractivity contribution in [1.82, 2.24) is 4.90 Å². The van der Waals surface area contributed by atoms with Crippen LogP contribution in [0.5, 0.6) is 0 Å². The van der Waals surface area contributed by atoms with Crippen LogP contribution < -0.4 is 10.2 Å². The van der Waals surface area contributed by atoms with Crippen LogP contribution in [0.25, 0.3) is 0 Å². The third kappa shape index (κ3) is 3.88. The number of nitrogens with one attached hydrogen (secondary N) is 1. The number of amides is 2. The van der Waals surface area contributed by atoms with Gasteiger partial charge >= 0.3 is 6.03 Å². The maximum Gasteiger partial charge on any atom is 0.321 e. The molecule has 1 aliphatic rings. The Morgan fingerprint density at radius 3 is 2.95 bits per heavy atom. The standard InChI is InChI=1S/C16H25N3O2/c1-3-4-8-19(10-11-20)16(21)17-14-6-5-13-7-9-18(2)15(13)12-14/h5-6,12,20H,3-4,7-11H2,1-2H3,(H,17,21). The van der Waals surface area contributed by atoms with Crippen molar-refractivity contribution in [2.75, 3.05) is 43.5 Å². The quantitative estimate of drug-likeness (QED) is 0.845. The molecule has 1 aromatic rings. The molecule has 2 rings (SSSR count). The molecule has 2 N–H and O–H groups in total. The summed E-state index contributed by atoms with van der Waals surface area (Å²) < 4.78 is 0. The molecule has 0 spiro atoms. The highest BCUT2D eigenvalue weighted by molar-refractivity contribution is 5.90. The van der Waals surface area contributed by atoms with Gasteiger partial charge in [0, 0.05) is 38.1 Å². The fraction of sp³-hybridized carbons (Fsp3) is 0.562. The number of nitrogens with zero attached hydrogens (tertiary/aromatic N) is 2. The lowest BCUT2D eigenvalue weighted by Crippen LogP contribution is -2.37. The number of hydrogen-bond donors (Lipinski definition) is 2. The number of aliphatic hydroxyl groups is 1. The molecule has 0 saturated heterocycles. The van der Waals surface area contributed by atoms with E-state index in [4.69, 9.17) is 5.11 Å². The zero-order valence-corrected chi connectivity index (χ0v) is 12.9. The van der Waals surface area contributed by atoms with Crippen molar-refractivity contribution >= 4 is 17.4 Å². The van der Waals surface area contributed by atoms with Gasteiger partial charge in [0.05, 0.1) is 6.61 Å². The number of anilines is 2. The Labute approximate surface area is 126 Å². The molecule has 21 heavy (non-hydrogen) atoms. The van der Waals surface area contributed by atoms with E-state index in [1.807, 2.05) is 12.1 Å². The lowest BCUT2D eigenvalue weighted by atomic mass is 10.1. The van der Waals surface area contributed by atoms with Crippen LogP contribution in [0.15, 0.2) is 18.2 Å². The summed E-state index contributed by atoms with van der Waals surface area (Å²) in [6.45, 7) is 4.15. The number of hydrogen-bond acceptors (Lipinski definition) is 3. The summed E-state index contributed by atoms with van der Waals surface area (Å²) in [5, 5.41) is 12.0. The van der Waals surface area contributed by atoms with Gasteiger partial charge in [0.25, 0.3) is 0 Å². The molecule has 1 heterocycles. The zero-order valence-electron chi connectivity index (χ0n) is 12.9.